The lowest BCUT2D eigenvalue weighted by molar-refractivity contribution is -0.124. The van der Waals surface area contributed by atoms with Crippen LogP contribution < -0.4 is 11.1 Å². The van der Waals surface area contributed by atoms with Gasteiger partial charge in [-0.25, -0.2) is 0 Å². The number of carbonyl (C=O) groups excluding carboxylic acids is 1. The standard InChI is InChI=1S/C15H30N2O.ClH/c1-4-6-12-7-9-13(10-8-12)17-15(18)14(16)11(3)5-2;/h11-14H,4-10,16H2,1-3H3,(H,17,18);1H. The summed E-state index contributed by atoms with van der Waals surface area (Å²) in [4.78, 5) is 12.0. The number of rotatable bonds is 6. The third kappa shape index (κ3) is 6.13. The molecule has 0 aliphatic heterocycles. The second-order valence-corrected chi connectivity index (χ2v) is 5.93. The fourth-order valence-corrected chi connectivity index (χ4v) is 2.81. The molecule has 2 atom stereocenters. The molecular formula is C15H31ClN2O. The van der Waals surface area contributed by atoms with Crippen molar-refractivity contribution in [3.05, 3.63) is 0 Å². The lowest BCUT2D eigenvalue weighted by Gasteiger charge is -2.30. The molecule has 1 aliphatic rings. The normalized spacial score (nSPS) is 26.1. The van der Waals surface area contributed by atoms with Gasteiger partial charge in [-0.05, 0) is 37.5 Å². The zero-order valence-corrected chi connectivity index (χ0v) is 13.5. The monoisotopic (exact) mass is 290 g/mol. The number of nitrogens with one attached hydrogen (secondary N) is 1. The largest absolute Gasteiger partial charge is 0.352 e. The Kier molecular flexibility index (Phi) is 9.46. The summed E-state index contributed by atoms with van der Waals surface area (Å²) in [6.45, 7) is 6.37. The Labute approximate surface area is 124 Å². The molecule has 114 valence electrons. The number of carbonyl (C=O) groups is 1. The summed E-state index contributed by atoms with van der Waals surface area (Å²) in [6.07, 6.45) is 8.35. The molecular weight excluding hydrogens is 260 g/mol. The molecule has 3 nitrogen and oxygen atoms in total. The minimum atomic E-state index is -0.344. The average Bonchev–Trinajstić information content (AvgIpc) is 2.39. The first-order valence-electron chi connectivity index (χ1n) is 7.64. The number of hydrogen-bond donors (Lipinski definition) is 2. The maximum absolute atomic E-state index is 12.0. The Morgan fingerprint density at radius 3 is 2.32 bits per heavy atom. The summed E-state index contributed by atoms with van der Waals surface area (Å²) < 4.78 is 0. The van der Waals surface area contributed by atoms with E-state index in [1.165, 1.54) is 25.7 Å². The van der Waals surface area contributed by atoms with Crippen molar-refractivity contribution in [2.75, 3.05) is 0 Å². The first-order chi connectivity index (χ1) is 8.58. The van der Waals surface area contributed by atoms with Crippen LogP contribution in [-0.2, 0) is 4.79 Å². The molecule has 1 aliphatic carbocycles. The summed E-state index contributed by atoms with van der Waals surface area (Å²) in [6, 6.07) is 0.0177. The highest BCUT2D eigenvalue weighted by Gasteiger charge is 2.25. The molecule has 4 heteroatoms. The van der Waals surface area contributed by atoms with E-state index in [0.29, 0.717) is 6.04 Å². The zero-order valence-electron chi connectivity index (χ0n) is 12.7. The minimum absolute atomic E-state index is 0. The SMILES string of the molecule is CCCC1CCC(NC(=O)C(N)C(C)CC)CC1.Cl. The van der Waals surface area contributed by atoms with Crippen LogP contribution in [0.15, 0.2) is 0 Å². The maximum Gasteiger partial charge on any atom is 0.237 e. The first-order valence-corrected chi connectivity index (χ1v) is 7.64. The summed E-state index contributed by atoms with van der Waals surface area (Å²) in [5.74, 6) is 1.19. The van der Waals surface area contributed by atoms with E-state index < -0.39 is 0 Å². The number of amides is 1. The molecule has 0 spiro atoms. The van der Waals surface area contributed by atoms with E-state index in [2.05, 4.69) is 19.2 Å². The molecule has 19 heavy (non-hydrogen) atoms. The first kappa shape index (κ1) is 18.7. The highest BCUT2D eigenvalue weighted by atomic mass is 35.5. The molecule has 3 N–H and O–H groups in total. The summed E-state index contributed by atoms with van der Waals surface area (Å²) in [5, 5.41) is 3.13. The predicted molar refractivity (Wildman–Crippen MR) is 83.5 cm³/mol. The number of hydrogen-bond acceptors (Lipinski definition) is 2. The summed E-state index contributed by atoms with van der Waals surface area (Å²) in [5.41, 5.74) is 5.95. The molecule has 0 aromatic heterocycles. The molecule has 0 aromatic carbocycles. The van der Waals surface area contributed by atoms with E-state index >= 15 is 0 Å². The highest BCUT2D eigenvalue weighted by molar-refractivity contribution is 5.85. The van der Waals surface area contributed by atoms with Crippen LogP contribution in [0.4, 0.5) is 0 Å². The van der Waals surface area contributed by atoms with Crippen molar-refractivity contribution >= 4 is 18.3 Å². The molecule has 0 radical (unpaired) electrons. The van der Waals surface area contributed by atoms with Gasteiger partial charge in [-0.1, -0.05) is 40.0 Å². The van der Waals surface area contributed by atoms with Crippen molar-refractivity contribution in [3.63, 3.8) is 0 Å². The second kappa shape index (κ2) is 9.60. The molecule has 0 saturated heterocycles. The van der Waals surface area contributed by atoms with Gasteiger partial charge in [0.15, 0.2) is 0 Å². The maximum atomic E-state index is 12.0. The van der Waals surface area contributed by atoms with Gasteiger partial charge in [0.25, 0.3) is 0 Å². The van der Waals surface area contributed by atoms with Crippen LogP contribution in [-0.4, -0.2) is 18.0 Å². The zero-order chi connectivity index (χ0) is 13.5. The molecule has 0 aromatic rings. The van der Waals surface area contributed by atoms with Crippen molar-refractivity contribution < 1.29 is 4.79 Å². The van der Waals surface area contributed by atoms with Crippen LogP contribution in [0.25, 0.3) is 0 Å². The molecule has 0 bridgehead atoms. The fourth-order valence-electron chi connectivity index (χ4n) is 2.81. The van der Waals surface area contributed by atoms with E-state index in [-0.39, 0.29) is 30.3 Å². The van der Waals surface area contributed by atoms with Crippen molar-refractivity contribution in [1.82, 2.24) is 5.32 Å². The minimum Gasteiger partial charge on any atom is -0.352 e. The van der Waals surface area contributed by atoms with Gasteiger partial charge in [-0.2, -0.15) is 0 Å². The number of halogens is 1. The van der Waals surface area contributed by atoms with Crippen LogP contribution in [0.2, 0.25) is 0 Å². The molecule has 0 heterocycles. The van der Waals surface area contributed by atoms with Gasteiger partial charge in [0.2, 0.25) is 5.91 Å². The fraction of sp³-hybridized carbons (Fsp3) is 0.933. The Morgan fingerprint density at radius 1 is 1.26 bits per heavy atom. The van der Waals surface area contributed by atoms with Gasteiger partial charge in [-0.15, -0.1) is 12.4 Å². The summed E-state index contributed by atoms with van der Waals surface area (Å²) in [7, 11) is 0. The van der Waals surface area contributed by atoms with E-state index in [4.69, 9.17) is 5.73 Å². The van der Waals surface area contributed by atoms with Gasteiger partial charge in [0.05, 0.1) is 6.04 Å². The van der Waals surface area contributed by atoms with Gasteiger partial charge >= 0.3 is 0 Å². The van der Waals surface area contributed by atoms with E-state index in [1.54, 1.807) is 0 Å². The van der Waals surface area contributed by atoms with Gasteiger partial charge in [0, 0.05) is 6.04 Å². The van der Waals surface area contributed by atoms with E-state index in [9.17, 15) is 4.79 Å². The Balaban J connectivity index is 0.00000324. The van der Waals surface area contributed by atoms with Crippen LogP contribution in [0.3, 0.4) is 0 Å². The van der Waals surface area contributed by atoms with E-state index in [0.717, 1.165) is 25.2 Å². The molecule has 1 saturated carbocycles. The van der Waals surface area contributed by atoms with Crippen LogP contribution in [0.5, 0.6) is 0 Å². The number of nitrogens with two attached hydrogens (primary N) is 1. The lowest BCUT2D eigenvalue weighted by atomic mass is 9.83. The smallest absolute Gasteiger partial charge is 0.237 e. The lowest BCUT2D eigenvalue weighted by Crippen LogP contribution is -2.49. The molecule has 1 fully saturated rings. The Morgan fingerprint density at radius 2 is 1.84 bits per heavy atom. The highest BCUT2D eigenvalue weighted by Crippen LogP contribution is 2.27. The second-order valence-electron chi connectivity index (χ2n) is 5.93. The average molecular weight is 291 g/mol. The molecule has 1 rings (SSSR count). The van der Waals surface area contributed by atoms with Crippen LogP contribution in [0, 0.1) is 11.8 Å². The van der Waals surface area contributed by atoms with Gasteiger partial charge in [0.1, 0.15) is 0 Å². The van der Waals surface area contributed by atoms with Crippen LogP contribution >= 0.6 is 12.4 Å². The topological polar surface area (TPSA) is 55.1 Å². The Bertz CT molecular complexity index is 253. The summed E-state index contributed by atoms with van der Waals surface area (Å²) >= 11 is 0. The van der Waals surface area contributed by atoms with E-state index in [1.807, 2.05) is 6.92 Å². The Hall–Kier alpha value is -0.280. The molecule has 1 amide bonds. The van der Waals surface area contributed by atoms with Crippen molar-refractivity contribution in [2.24, 2.45) is 17.6 Å². The van der Waals surface area contributed by atoms with Crippen molar-refractivity contribution in [3.8, 4) is 0 Å². The van der Waals surface area contributed by atoms with Crippen molar-refractivity contribution in [1.29, 1.82) is 0 Å². The van der Waals surface area contributed by atoms with Crippen molar-refractivity contribution in [2.45, 2.75) is 77.8 Å². The third-order valence-corrected chi connectivity index (χ3v) is 4.45. The molecule has 2 unspecified atom stereocenters. The predicted octanol–water partition coefficient (Wildman–Crippen LogP) is 3.26. The quantitative estimate of drug-likeness (QED) is 0.789. The van der Waals surface area contributed by atoms with Crippen LogP contribution in [0.1, 0.15) is 65.7 Å². The van der Waals surface area contributed by atoms with Gasteiger partial charge < -0.3 is 11.1 Å². The van der Waals surface area contributed by atoms with Gasteiger partial charge in [-0.3, -0.25) is 4.79 Å². The third-order valence-electron chi connectivity index (χ3n) is 4.45.